The molecule has 0 atom stereocenters. The predicted molar refractivity (Wildman–Crippen MR) is 74.5 cm³/mol. The third-order valence-corrected chi connectivity index (χ3v) is 2.66. The predicted octanol–water partition coefficient (Wildman–Crippen LogP) is 2.34. The first-order valence-electron chi connectivity index (χ1n) is 6.34. The van der Waals surface area contributed by atoms with Crippen LogP contribution in [0.3, 0.4) is 0 Å². The van der Waals surface area contributed by atoms with Gasteiger partial charge in [0, 0.05) is 11.1 Å². The summed E-state index contributed by atoms with van der Waals surface area (Å²) < 4.78 is 10.5. The van der Waals surface area contributed by atoms with Gasteiger partial charge in [-0.05, 0) is 39.0 Å². The summed E-state index contributed by atoms with van der Waals surface area (Å²) in [6.45, 7) is 6.68. The van der Waals surface area contributed by atoms with Gasteiger partial charge < -0.3 is 19.6 Å². The summed E-state index contributed by atoms with van der Waals surface area (Å²) in [6, 6.07) is 4.95. The van der Waals surface area contributed by atoms with Crippen LogP contribution in [0.5, 0.6) is 11.5 Å². The first-order valence-corrected chi connectivity index (χ1v) is 6.34. The van der Waals surface area contributed by atoms with Crippen LogP contribution in [-0.4, -0.2) is 28.0 Å². The van der Waals surface area contributed by atoms with E-state index in [2.05, 4.69) is 36.3 Å². The molecular formula is C14H19N3O3. The summed E-state index contributed by atoms with van der Waals surface area (Å²) >= 11 is 0. The molecule has 1 aromatic carbocycles. The number of phenolic OH excluding ortho intramolecular Hbond substituents is 1. The highest BCUT2D eigenvalue weighted by Gasteiger charge is 2.14. The molecule has 2 N–H and O–H groups in total. The maximum Gasteiger partial charge on any atom is 0.247 e. The number of methoxy groups -OCH3 is 1. The van der Waals surface area contributed by atoms with Gasteiger partial charge in [-0.25, -0.2) is 0 Å². The zero-order valence-electron chi connectivity index (χ0n) is 12.1. The average molecular weight is 277 g/mol. The lowest BCUT2D eigenvalue weighted by Crippen LogP contribution is -2.35. The standard InChI is InChI=1S/C14H19N3O3/c1-14(2,3)15-8-12-16-17-13(20-12)9-5-6-11(19-4)10(18)7-9/h5-7,15,18H,8H2,1-4H3. The molecule has 6 heteroatoms. The van der Waals surface area contributed by atoms with Crippen molar-refractivity contribution in [3.63, 3.8) is 0 Å². The molecule has 2 aromatic rings. The van der Waals surface area contributed by atoms with E-state index in [0.717, 1.165) is 0 Å². The molecule has 0 saturated carbocycles. The van der Waals surface area contributed by atoms with Gasteiger partial charge in [0.25, 0.3) is 0 Å². The largest absolute Gasteiger partial charge is 0.504 e. The molecule has 0 aliphatic heterocycles. The number of rotatable bonds is 4. The minimum absolute atomic E-state index is 0.0208. The van der Waals surface area contributed by atoms with Crippen molar-refractivity contribution >= 4 is 0 Å². The molecule has 2 rings (SSSR count). The maximum atomic E-state index is 9.74. The molecule has 0 spiro atoms. The second-order valence-electron chi connectivity index (χ2n) is 5.49. The zero-order chi connectivity index (χ0) is 14.8. The second kappa shape index (κ2) is 5.50. The van der Waals surface area contributed by atoms with Crippen LogP contribution in [0.2, 0.25) is 0 Å². The summed E-state index contributed by atoms with van der Waals surface area (Å²) in [5.74, 6) is 1.32. The van der Waals surface area contributed by atoms with Gasteiger partial charge in [0.15, 0.2) is 11.5 Å². The number of hydrogen-bond donors (Lipinski definition) is 2. The van der Waals surface area contributed by atoms with Crippen LogP contribution in [0, 0.1) is 0 Å². The van der Waals surface area contributed by atoms with Gasteiger partial charge in [-0.3, -0.25) is 0 Å². The van der Waals surface area contributed by atoms with Crippen molar-refractivity contribution in [3.05, 3.63) is 24.1 Å². The zero-order valence-corrected chi connectivity index (χ0v) is 12.1. The van der Waals surface area contributed by atoms with Gasteiger partial charge in [-0.2, -0.15) is 0 Å². The molecule has 0 radical (unpaired) electrons. The number of benzene rings is 1. The van der Waals surface area contributed by atoms with Crippen LogP contribution in [0.15, 0.2) is 22.6 Å². The van der Waals surface area contributed by atoms with E-state index in [1.807, 2.05) is 0 Å². The molecule has 6 nitrogen and oxygen atoms in total. The number of hydrogen-bond acceptors (Lipinski definition) is 6. The van der Waals surface area contributed by atoms with E-state index in [9.17, 15) is 5.11 Å². The molecule has 0 saturated heterocycles. The van der Waals surface area contributed by atoms with Gasteiger partial charge in [0.05, 0.1) is 13.7 Å². The summed E-state index contributed by atoms with van der Waals surface area (Å²) in [5, 5.41) is 21.0. The Labute approximate surface area is 117 Å². The van der Waals surface area contributed by atoms with Gasteiger partial charge >= 0.3 is 0 Å². The molecule has 0 fully saturated rings. The summed E-state index contributed by atoms with van der Waals surface area (Å²) in [5.41, 5.74) is 0.630. The van der Waals surface area contributed by atoms with Crippen molar-refractivity contribution in [2.75, 3.05) is 7.11 Å². The summed E-state index contributed by atoms with van der Waals surface area (Å²) in [7, 11) is 1.50. The van der Waals surface area contributed by atoms with Gasteiger partial charge in [0.1, 0.15) is 0 Å². The Bertz CT molecular complexity index is 588. The highest BCUT2D eigenvalue weighted by Crippen LogP contribution is 2.30. The minimum Gasteiger partial charge on any atom is -0.504 e. The van der Waals surface area contributed by atoms with E-state index in [1.165, 1.54) is 13.2 Å². The molecule has 108 valence electrons. The van der Waals surface area contributed by atoms with Crippen LogP contribution in [0.4, 0.5) is 0 Å². The van der Waals surface area contributed by atoms with E-state index in [1.54, 1.807) is 12.1 Å². The molecule has 20 heavy (non-hydrogen) atoms. The van der Waals surface area contributed by atoms with E-state index >= 15 is 0 Å². The van der Waals surface area contributed by atoms with E-state index in [-0.39, 0.29) is 11.3 Å². The fourth-order valence-electron chi connectivity index (χ4n) is 1.61. The molecule has 0 amide bonds. The fraction of sp³-hybridized carbons (Fsp3) is 0.429. The highest BCUT2D eigenvalue weighted by atomic mass is 16.5. The van der Waals surface area contributed by atoms with E-state index in [0.29, 0.717) is 29.6 Å². The molecule has 0 aliphatic rings. The number of nitrogens with one attached hydrogen (secondary N) is 1. The number of aromatic hydroxyl groups is 1. The van der Waals surface area contributed by atoms with Crippen LogP contribution in [-0.2, 0) is 6.54 Å². The monoisotopic (exact) mass is 277 g/mol. The summed E-state index contributed by atoms with van der Waals surface area (Å²) in [4.78, 5) is 0. The summed E-state index contributed by atoms with van der Waals surface area (Å²) in [6.07, 6.45) is 0. The maximum absolute atomic E-state index is 9.74. The third-order valence-electron chi connectivity index (χ3n) is 2.66. The van der Waals surface area contributed by atoms with Crippen molar-refractivity contribution in [1.82, 2.24) is 15.5 Å². The lowest BCUT2D eigenvalue weighted by Gasteiger charge is -2.18. The first-order chi connectivity index (χ1) is 9.39. The van der Waals surface area contributed by atoms with Crippen LogP contribution >= 0.6 is 0 Å². The number of nitrogens with zero attached hydrogens (tertiary/aromatic N) is 2. The Morgan fingerprint density at radius 2 is 2.05 bits per heavy atom. The van der Waals surface area contributed by atoms with Crippen LogP contribution in [0.25, 0.3) is 11.5 Å². The molecule has 1 aromatic heterocycles. The van der Waals surface area contributed by atoms with E-state index < -0.39 is 0 Å². The smallest absolute Gasteiger partial charge is 0.247 e. The number of ether oxygens (including phenoxy) is 1. The van der Waals surface area contributed by atoms with Crippen molar-refractivity contribution in [2.45, 2.75) is 32.9 Å². The fourth-order valence-corrected chi connectivity index (χ4v) is 1.61. The average Bonchev–Trinajstić information content (AvgIpc) is 2.84. The van der Waals surface area contributed by atoms with Gasteiger partial charge in [-0.1, -0.05) is 0 Å². The van der Waals surface area contributed by atoms with Crippen LogP contribution in [0.1, 0.15) is 26.7 Å². The molecule has 1 heterocycles. The Morgan fingerprint density at radius 1 is 1.30 bits per heavy atom. The first kappa shape index (κ1) is 14.3. The Balaban J connectivity index is 2.14. The van der Waals surface area contributed by atoms with Crippen molar-refractivity contribution in [3.8, 4) is 23.0 Å². The van der Waals surface area contributed by atoms with E-state index in [4.69, 9.17) is 9.15 Å². The Kier molecular flexibility index (Phi) is 3.94. The van der Waals surface area contributed by atoms with Crippen molar-refractivity contribution in [1.29, 1.82) is 0 Å². The topological polar surface area (TPSA) is 80.4 Å². The van der Waals surface area contributed by atoms with Gasteiger partial charge in [0.2, 0.25) is 11.8 Å². The normalized spacial score (nSPS) is 11.6. The van der Waals surface area contributed by atoms with Crippen molar-refractivity contribution < 1.29 is 14.3 Å². The Hall–Kier alpha value is -2.08. The number of phenols is 1. The number of aromatic nitrogens is 2. The molecular weight excluding hydrogens is 258 g/mol. The van der Waals surface area contributed by atoms with Crippen LogP contribution < -0.4 is 10.1 Å². The van der Waals surface area contributed by atoms with Crippen molar-refractivity contribution in [2.24, 2.45) is 0 Å². The molecule has 0 bridgehead atoms. The van der Waals surface area contributed by atoms with Gasteiger partial charge in [-0.15, -0.1) is 10.2 Å². The Morgan fingerprint density at radius 3 is 2.65 bits per heavy atom. The lowest BCUT2D eigenvalue weighted by atomic mass is 10.1. The molecule has 0 aliphatic carbocycles. The minimum atomic E-state index is -0.0208. The molecule has 0 unspecified atom stereocenters. The second-order valence-corrected chi connectivity index (χ2v) is 5.49. The SMILES string of the molecule is COc1ccc(-c2nnc(CNC(C)(C)C)o2)cc1O. The third kappa shape index (κ3) is 3.48. The lowest BCUT2D eigenvalue weighted by molar-refractivity contribution is 0.373. The highest BCUT2D eigenvalue weighted by molar-refractivity contribution is 5.59. The quantitative estimate of drug-likeness (QED) is 0.892.